The SMILES string of the molecule is COC(=O)c1cc(C)ccc1NC1CCC(C)CC1C. The van der Waals surface area contributed by atoms with Crippen LogP contribution in [0.3, 0.4) is 0 Å². The maximum atomic E-state index is 11.9. The van der Waals surface area contributed by atoms with Crippen LogP contribution in [0.25, 0.3) is 0 Å². The van der Waals surface area contributed by atoms with E-state index in [4.69, 9.17) is 4.74 Å². The zero-order chi connectivity index (χ0) is 14.7. The summed E-state index contributed by atoms with van der Waals surface area (Å²) in [5, 5.41) is 3.56. The van der Waals surface area contributed by atoms with E-state index in [2.05, 4.69) is 19.2 Å². The number of hydrogen-bond donors (Lipinski definition) is 1. The van der Waals surface area contributed by atoms with Crippen LogP contribution in [-0.4, -0.2) is 19.1 Å². The van der Waals surface area contributed by atoms with Crippen molar-refractivity contribution >= 4 is 11.7 Å². The minimum absolute atomic E-state index is 0.270. The fraction of sp³-hybridized carbons (Fsp3) is 0.588. The van der Waals surface area contributed by atoms with E-state index in [1.165, 1.54) is 20.0 Å². The van der Waals surface area contributed by atoms with Crippen LogP contribution in [0, 0.1) is 18.8 Å². The van der Waals surface area contributed by atoms with Gasteiger partial charge in [0, 0.05) is 11.7 Å². The lowest BCUT2D eigenvalue weighted by Gasteiger charge is -2.34. The molecule has 1 aliphatic rings. The summed E-state index contributed by atoms with van der Waals surface area (Å²) >= 11 is 0. The highest BCUT2D eigenvalue weighted by Crippen LogP contribution is 2.31. The van der Waals surface area contributed by atoms with Crippen LogP contribution >= 0.6 is 0 Å². The highest BCUT2D eigenvalue weighted by atomic mass is 16.5. The van der Waals surface area contributed by atoms with E-state index in [9.17, 15) is 4.79 Å². The molecular weight excluding hydrogens is 250 g/mol. The summed E-state index contributed by atoms with van der Waals surface area (Å²) in [5.74, 6) is 1.17. The van der Waals surface area contributed by atoms with Gasteiger partial charge in [0.1, 0.15) is 0 Å². The topological polar surface area (TPSA) is 38.3 Å². The first-order chi connectivity index (χ1) is 9.51. The fourth-order valence-corrected chi connectivity index (χ4v) is 3.14. The van der Waals surface area contributed by atoms with Gasteiger partial charge in [-0.3, -0.25) is 0 Å². The average molecular weight is 275 g/mol. The van der Waals surface area contributed by atoms with E-state index in [1.54, 1.807) is 0 Å². The highest BCUT2D eigenvalue weighted by Gasteiger charge is 2.26. The smallest absolute Gasteiger partial charge is 0.339 e. The second kappa shape index (κ2) is 6.29. The Labute approximate surface area is 121 Å². The summed E-state index contributed by atoms with van der Waals surface area (Å²) in [7, 11) is 1.43. The van der Waals surface area contributed by atoms with Crippen LogP contribution in [0.15, 0.2) is 18.2 Å². The molecule has 20 heavy (non-hydrogen) atoms. The minimum atomic E-state index is -0.270. The van der Waals surface area contributed by atoms with Crippen molar-refractivity contribution in [1.29, 1.82) is 0 Å². The molecule has 3 atom stereocenters. The van der Waals surface area contributed by atoms with Crippen molar-refractivity contribution in [3.8, 4) is 0 Å². The van der Waals surface area contributed by atoms with Gasteiger partial charge in [0.25, 0.3) is 0 Å². The first kappa shape index (κ1) is 14.9. The normalized spacial score (nSPS) is 26.1. The average Bonchev–Trinajstić information content (AvgIpc) is 2.42. The van der Waals surface area contributed by atoms with Gasteiger partial charge in [-0.25, -0.2) is 4.79 Å². The Morgan fingerprint density at radius 3 is 2.70 bits per heavy atom. The van der Waals surface area contributed by atoms with Gasteiger partial charge >= 0.3 is 5.97 Å². The number of rotatable bonds is 3. The van der Waals surface area contributed by atoms with Crippen molar-refractivity contribution in [3.05, 3.63) is 29.3 Å². The monoisotopic (exact) mass is 275 g/mol. The lowest BCUT2D eigenvalue weighted by Crippen LogP contribution is -2.33. The largest absolute Gasteiger partial charge is 0.465 e. The van der Waals surface area contributed by atoms with Crippen molar-refractivity contribution in [2.24, 2.45) is 11.8 Å². The van der Waals surface area contributed by atoms with Crippen LogP contribution in [0.1, 0.15) is 49.0 Å². The zero-order valence-electron chi connectivity index (χ0n) is 12.9. The molecule has 1 fully saturated rings. The maximum absolute atomic E-state index is 11.9. The van der Waals surface area contributed by atoms with E-state index in [1.807, 2.05) is 25.1 Å². The Morgan fingerprint density at radius 2 is 2.05 bits per heavy atom. The Morgan fingerprint density at radius 1 is 1.30 bits per heavy atom. The molecule has 110 valence electrons. The molecule has 3 unspecified atom stereocenters. The van der Waals surface area contributed by atoms with Gasteiger partial charge in [-0.2, -0.15) is 0 Å². The van der Waals surface area contributed by atoms with Crippen LogP contribution in [0.4, 0.5) is 5.69 Å². The molecule has 1 aliphatic carbocycles. The second-order valence-electron chi connectivity index (χ2n) is 6.19. The van der Waals surface area contributed by atoms with Gasteiger partial charge in [-0.15, -0.1) is 0 Å². The minimum Gasteiger partial charge on any atom is -0.465 e. The number of hydrogen-bond acceptors (Lipinski definition) is 3. The molecule has 2 rings (SSSR count). The summed E-state index contributed by atoms with van der Waals surface area (Å²) < 4.78 is 4.89. The molecule has 3 heteroatoms. The number of anilines is 1. The number of aryl methyl sites for hydroxylation is 1. The van der Waals surface area contributed by atoms with E-state index < -0.39 is 0 Å². The summed E-state index contributed by atoms with van der Waals surface area (Å²) in [6, 6.07) is 6.36. The standard InChI is InChI=1S/C17H25NO2/c1-11-5-7-15(13(3)9-11)18-16-8-6-12(2)10-14(16)17(19)20-4/h6,8,10-11,13,15,18H,5,7,9H2,1-4H3. The molecule has 1 aromatic carbocycles. The van der Waals surface area contributed by atoms with E-state index in [0.29, 0.717) is 17.5 Å². The molecule has 0 bridgehead atoms. The predicted octanol–water partition coefficient (Wildman–Crippen LogP) is 4.02. The van der Waals surface area contributed by atoms with Crippen LogP contribution in [0.2, 0.25) is 0 Å². The third kappa shape index (κ3) is 3.33. The first-order valence-electron chi connectivity index (χ1n) is 7.46. The molecule has 0 aliphatic heterocycles. The fourth-order valence-electron chi connectivity index (χ4n) is 3.14. The van der Waals surface area contributed by atoms with Crippen LogP contribution < -0.4 is 5.32 Å². The number of carbonyl (C=O) groups excluding carboxylic acids is 1. The first-order valence-corrected chi connectivity index (χ1v) is 7.46. The van der Waals surface area contributed by atoms with Gasteiger partial charge in [0.2, 0.25) is 0 Å². The molecule has 0 amide bonds. The summed E-state index contributed by atoms with van der Waals surface area (Å²) in [4.78, 5) is 11.9. The van der Waals surface area contributed by atoms with Crippen LogP contribution in [-0.2, 0) is 4.74 Å². The zero-order valence-corrected chi connectivity index (χ0v) is 12.9. The predicted molar refractivity (Wildman–Crippen MR) is 82.1 cm³/mol. The quantitative estimate of drug-likeness (QED) is 0.847. The van der Waals surface area contributed by atoms with Gasteiger partial charge in [0.15, 0.2) is 0 Å². The number of ether oxygens (including phenoxy) is 1. The Balaban J connectivity index is 2.18. The third-order valence-electron chi connectivity index (χ3n) is 4.35. The van der Waals surface area contributed by atoms with E-state index in [-0.39, 0.29) is 5.97 Å². The lowest BCUT2D eigenvalue weighted by molar-refractivity contribution is 0.0601. The third-order valence-corrected chi connectivity index (χ3v) is 4.35. The van der Waals surface area contributed by atoms with Crippen LogP contribution in [0.5, 0.6) is 0 Å². The second-order valence-corrected chi connectivity index (χ2v) is 6.19. The van der Waals surface area contributed by atoms with Crippen molar-refractivity contribution < 1.29 is 9.53 Å². The summed E-state index contributed by atoms with van der Waals surface area (Å²) in [5.41, 5.74) is 2.61. The van der Waals surface area contributed by atoms with Gasteiger partial charge in [0.05, 0.1) is 12.7 Å². The number of nitrogens with one attached hydrogen (secondary N) is 1. The van der Waals surface area contributed by atoms with E-state index >= 15 is 0 Å². The van der Waals surface area contributed by atoms with Crippen molar-refractivity contribution in [2.75, 3.05) is 12.4 Å². The Hall–Kier alpha value is -1.51. The summed E-state index contributed by atoms with van der Waals surface area (Å²) in [6.07, 6.45) is 3.66. The number of carbonyl (C=O) groups is 1. The molecule has 1 N–H and O–H groups in total. The Kier molecular flexibility index (Phi) is 4.69. The molecule has 0 spiro atoms. The maximum Gasteiger partial charge on any atom is 0.339 e. The van der Waals surface area contributed by atoms with Crippen molar-refractivity contribution in [2.45, 2.75) is 46.1 Å². The molecule has 1 saturated carbocycles. The molecule has 3 nitrogen and oxygen atoms in total. The van der Waals surface area contributed by atoms with Gasteiger partial charge < -0.3 is 10.1 Å². The van der Waals surface area contributed by atoms with Gasteiger partial charge in [-0.05, 0) is 50.2 Å². The number of benzene rings is 1. The summed E-state index contributed by atoms with van der Waals surface area (Å²) in [6.45, 7) is 6.60. The number of methoxy groups -OCH3 is 1. The van der Waals surface area contributed by atoms with Gasteiger partial charge in [-0.1, -0.05) is 25.5 Å². The molecule has 0 heterocycles. The molecule has 0 saturated heterocycles. The van der Waals surface area contributed by atoms with Crippen molar-refractivity contribution in [3.63, 3.8) is 0 Å². The highest BCUT2D eigenvalue weighted by molar-refractivity contribution is 5.95. The lowest BCUT2D eigenvalue weighted by atomic mass is 9.79. The molecule has 0 radical (unpaired) electrons. The molecule has 1 aromatic rings. The van der Waals surface area contributed by atoms with E-state index in [0.717, 1.165) is 23.6 Å². The molecular formula is C17H25NO2. The Bertz CT molecular complexity index is 484. The number of esters is 1. The molecule has 0 aromatic heterocycles. The van der Waals surface area contributed by atoms with Crippen molar-refractivity contribution in [1.82, 2.24) is 0 Å².